The molecule has 29 heavy (non-hydrogen) atoms. The number of aromatic amines is 1. The molecule has 3 rings (SSSR count). The maximum absolute atomic E-state index is 12.3. The molecule has 0 saturated heterocycles. The quantitative estimate of drug-likeness (QED) is 0.334. The zero-order valence-electron chi connectivity index (χ0n) is 16.1. The Hall–Kier alpha value is -2.72. The van der Waals surface area contributed by atoms with Crippen LogP contribution in [0.15, 0.2) is 34.2 Å². The highest BCUT2D eigenvalue weighted by atomic mass is 32.2. The third-order valence-corrected chi connectivity index (χ3v) is 5.62. The summed E-state index contributed by atoms with van der Waals surface area (Å²) in [6.45, 7) is 5.95. The van der Waals surface area contributed by atoms with E-state index in [0.29, 0.717) is 33.7 Å². The zero-order valence-corrected chi connectivity index (χ0v) is 17.8. The number of ether oxygens (including phenoxy) is 1. The van der Waals surface area contributed by atoms with E-state index in [0.717, 1.165) is 16.5 Å². The van der Waals surface area contributed by atoms with Crippen molar-refractivity contribution in [2.24, 2.45) is 0 Å². The summed E-state index contributed by atoms with van der Waals surface area (Å²) in [4.78, 5) is 47.2. The van der Waals surface area contributed by atoms with Crippen molar-refractivity contribution in [1.29, 1.82) is 0 Å². The fraction of sp³-hybridized carbons (Fsp3) is 0.316. The first-order chi connectivity index (χ1) is 13.9. The maximum Gasteiger partial charge on any atom is 0.338 e. The third-order valence-electron chi connectivity index (χ3n) is 3.82. The van der Waals surface area contributed by atoms with E-state index in [-0.39, 0.29) is 23.1 Å². The van der Waals surface area contributed by atoms with Crippen LogP contribution in [0.5, 0.6) is 0 Å². The number of hydrogen-bond acceptors (Lipinski definition) is 8. The number of hydrogen-bond donors (Lipinski definition) is 2. The molecule has 8 nitrogen and oxygen atoms in total. The van der Waals surface area contributed by atoms with Crippen LogP contribution in [0.2, 0.25) is 0 Å². The van der Waals surface area contributed by atoms with E-state index >= 15 is 0 Å². The van der Waals surface area contributed by atoms with Gasteiger partial charge < -0.3 is 15.0 Å². The number of anilines is 1. The molecule has 0 aliphatic carbocycles. The number of amides is 1. The van der Waals surface area contributed by atoms with Gasteiger partial charge in [-0.2, -0.15) is 0 Å². The number of fused-ring (bicyclic) bond motifs is 1. The van der Waals surface area contributed by atoms with Gasteiger partial charge in [0.15, 0.2) is 10.3 Å². The molecule has 152 valence electrons. The minimum absolute atomic E-state index is 0.0779. The van der Waals surface area contributed by atoms with Crippen LogP contribution in [-0.4, -0.2) is 39.2 Å². The van der Waals surface area contributed by atoms with Gasteiger partial charge in [0.25, 0.3) is 5.56 Å². The van der Waals surface area contributed by atoms with Crippen LogP contribution in [0.25, 0.3) is 10.2 Å². The lowest BCUT2D eigenvalue weighted by Gasteiger charge is -2.06. The van der Waals surface area contributed by atoms with Gasteiger partial charge in [-0.3, -0.25) is 9.59 Å². The molecular weight excluding hydrogens is 412 g/mol. The van der Waals surface area contributed by atoms with Gasteiger partial charge in [-0.1, -0.05) is 36.9 Å². The van der Waals surface area contributed by atoms with E-state index < -0.39 is 5.97 Å². The number of nitrogens with one attached hydrogen (secondary N) is 2. The van der Waals surface area contributed by atoms with Gasteiger partial charge in [-0.25, -0.2) is 14.8 Å². The molecular formula is C19H20N4O4S2. The zero-order chi connectivity index (χ0) is 21.0. The minimum atomic E-state index is -0.394. The topological polar surface area (TPSA) is 114 Å². The van der Waals surface area contributed by atoms with Gasteiger partial charge in [-0.05, 0) is 31.0 Å². The van der Waals surface area contributed by atoms with Crippen LogP contribution < -0.4 is 10.9 Å². The van der Waals surface area contributed by atoms with E-state index in [1.165, 1.54) is 17.4 Å². The van der Waals surface area contributed by atoms with Gasteiger partial charge in [-0.15, -0.1) is 0 Å². The monoisotopic (exact) mass is 432 g/mol. The molecule has 0 aliphatic rings. The smallest absolute Gasteiger partial charge is 0.338 e. The fourth-order valence-electron chi connectivity index (χ4n) is 2.43. The van der Waals surface area contributed by atoms with Gasteiger partial charge in [0.1, 0.15) is 0 Å². The van der Waals surface area contributed by atoms with Crippen molar-refractivity contribution in [1.82, 2.24) is 15.0 Å². The van der Waals surface area contributed by atoms with E-state index in [4.69, 9.17) is 4.74 Å². The summed E-state index contributed by atoms with van der Waals surface area (Å²) >= 11 is 2.42. The van der Waals surface area contributed by atoms with Crippen molar-refractivity contribution in [3.8, 4) is 0 Å². The largest absolute Gasteiger partial charge is 0.462 e. The number of benzene rings is 1. The van der Waals surface area contributed by atoms with E-state index in [1.54, 1.807) is 25.1 Å². The Bertz CT molecular complexity index is 1110. The van der Waals surface area contributed by atoms with Gasteiger partial charge in [0, 0.05) is 6.07 Å². The highest BCUT2D eigenvalue weighted by molar-refractivity contribution is 7.99. The van der Waals surface area contributed by atoms with Crippen molar-refractivity contribution in [3.05, 3.63) is 45.9 Å². The lowest BCUT2D eigenvalue weighted by Crippen LogP contribution is -2.16. The van der Waals surface area contributed by atoms with E-state index in [2.05, 4.69) is 20.3 Å². The molecule has 1 aromatic carbocycles. The summed E-state index contributed by atoms with van der Waals surface area (Å²) in [5.74, 6) is -0.464. The van der Waals surface area contributed by atoms with Gasteiger partial charge in [0.2, 0.25) is 5.91 Å². The van der Waals surface area contributed by atoms with E-state index in [9.17, 15) is 14.4 Å². The molecule has 3 aromatic rings. The number of esters is 1. The maximum atomic E-state index is 12.3. The Morgan fingerprint density at radius 3 is 2.79 bits per heavy atom. The summed E-state index contributed by atoms with van der Waals surface area (Å²) in [6, 6.07) is 6.52. The van der Waals surface area contributed by atoms with Crippen LogP contribution in [0.4, 0.5) is 5.13 Å². The molecule has 0 spiro atoms. The normalized spacial score (nSPS) is 11.0. The number of rotatable bonds is 7. The van der Waals surface area contributed by atoms with Crippen LogP contribution in [0.1, 0.15) is 42.7 Å². The lowest BCUT2D eigenvalue weighted by molar-refractivity contribution is -0.113. The van der Waals surface area contributed by atoms with E-state index in [1.807, 2.05) is 13.8 Å². The molecule has 2 N–H and O–H groups in total. The van der Waals surface area contributed by atoms with Crippen molar-refractivity contribution in [3.63, 3.8) is 0 Å². The van der Waals surface area contributed by atoms with Crippen LogP contribution in [-0.2, 0) is 9.53 Å². The summed E-state index contributed by atoms with van der Waals surface area (Å²) in [5, 5.41) is 3.58. The SMILES string of the molecule is CCOC(=O)c1ccc2nc(NC(=O)CSc3nc(C(C)C)cc(=O)[nH]3)sc2c1. The molecule has 0 aliphatic heterocycles. The number of carbonyl (C=O) groups excluding carboxylic acids is 2. The molecule has 2 heterocycles. The van der Waals surface area contributed by atoms with Crippen LogP contribution >= 0.6 is 23.1 Å². The van der Waals surface area contributed by atoms with Crippen molar-refractivity contribution in [2.75, 3.05) is 17.7 Å². The Balaban J connectivity index is 1.65. The van der Waals surface area contributed by atoms with Gasteiger partial charge >= 0.3 is 5.97 Å². The number of thioether (sulfide) groups is 1. The second-order valence-corrected chi connectivity index (χ2v) is 8.38. The molecule has 0 atom stereocenters. The van der Waals surface area contributed by atoms with Crippen LogP contribution in [0, 0.1) is 0 Å². The van der Waals surface area contributed by atoms with Gasteiger partial charge in [0.05, 0.1) is 33.8 Å². The third kappa shape index (κ3) is 5.42. The fourth-order valence-corrected chi connectivity index (χ4v) is 4.03. The lowest BCUT2D eigenvalue weighted by atomic mass is 10.1. The average Bonchev–Trinajstić information content (AvgIpc) is 3.07. The standard InChI is InChI=1S/C19H20N4O4S2/c1-4-27-17(26)11-5-6-12-14(7-11)29-19(20-12)23-16(25)9-28-18-21-13(10(2)3)8-15(24)22-18/h5-8,10H,4,9H2,1-3H3,(H,20,23,25)(H,21,22,24). The Morgan fingerprint density at radius 2 is 2.07 bits per heavy atom. The number of nitrogens with zero attached hydrogens (tertiary/aromatic N) is 2. The van der Waals surface area contributed by atoms with Crippen molar-refractivity contribution < 1.29 is 14.3 Å². The minimum Gasteiger partial charge on any atom is -0.462 e. The second-order valence-electron chi connectivity index (χ2n) is 6.39. The number of aromatic nitrogens is 3. The first kappa shape index (κ1) is 21.0. The summed E-state index contributed by atoms with van der Waals surface area (Å²) in [5.41, 5.74) is 1.56. The summed E-state index contributed by atoms with van der Waals surface area (Å²) in [6.07, 6.45) is 0. The highest BCUT2D eigenvalue weighted by Gasteiger charge is 2.13. The molecule has 0 saturated carbocycles. The average molecular weight is 433 g/mol. The Morgan fingerprint density at radius 1 is 1.28 bits per heavy atom. The Kier molecular flexibility index (Phi) is 6.65. The summed E-state index contributed by atoms with van der Waals surface area (Å²) in [7, 11) is 0. The highest BCUT2D eigenvalue weighted by Crippen LogP contribution is 2.27. The first-order valence-corrected chi connectivity index (χ1v) is 10.8. The first-order valence-electron chi connectivity index (χ1n) is 8.97. The number of H-pyrrole nitrogens is 1. The summed E-state index contributed by atoms with van der Waals surface area (Å²) < 4.78 is 5.77. The predicted molar refractivity (Wildman–Crippen MR) is 114 cm³/mol. The molecule has 0 radical (unpaired) electrons. The molecule has 0 fully saturated rings. The Labute approximate surface area is 175 Å². The predicted octanol–water partition coefficient (Wildman–Crippen LogP) is 3.41. The molecule has 10 heteroatoms. The van der Waals surface area contributed by atoms with Crippen LogP contribution in [0.3, 0.4) is 0 Å². The van der Waals surface area contributed by atoms with Crippen molar-refractivity contribution in [2.45, 2.75) is 31.8 Å². The molecule has 2 aromatic heterocycles. The van der Waals surface area contributed by atoms with Crippen molar-refractivity contribution >= 4 is 50.3 Å². The molecule has 0 bridgehead atoms. The molecule has 1 amide bonds. The number of carbonyl (C=O) groups is 2. The number of thiazole rings is 1. The second kappa shape index (κ2) is 9.19. The molecule has 0 unspecified atom stereocenters.